The van der Waals surface area contributed by atoms with Crippen molar-refractivity contribution < 1.29 is 9.53 Å². The molecule has 212 valence electrons. The molecular formula is C34H64O2. The molecule has 0 heterocycles. The number of unbranched alkanes of at least 4 members (excludes halogenated alkanes) is 24. The van der Waals surface area contributed by atoms with E-state index in [0.717, 1.165) is 12.8 Å². The van der Waals surface area contributed by atoms with Crippen LogP contribution in [0, 0.1) is 0 Å². The number of ether oxygens (including phenoxy) is 1. The van der Waals surface area contributed by atoms with E-state index in [1.165, 1.54) is 154 Å². The van der Waals surface area contributed by atoms with Crippen LogP contribution in [0.5, 0.6) is 0 Å². The average Bonchev–Trinajstić information content (AvgIpc) is 2.88. The summed E-state index contributed by atoms with van der Waals surface area (Å²) in [5, 5.41) is 0. The minimum absolute atomic E-state index is 0.205. The Labute approximate surface area is 227 Å². The fourth-order valence-electron chi connectivity index (χ4n) is 4.75. The summed E-state index contributed by atoms with van der Waals surface area (Å²) in [6.07, 6.45) is 42.7. The lowest BCUT2D eigenvalue weighted by Gasteiger charge is -2.04. The molecule has 36 heavy (non-hydrogen) atoms. The topological polar surface area (TPSA) is 26.3 Å². The molecule has 0 aromatic carbocycles. The van der Waals surface area contributed by atoms with Gasteiger partial charge in [-0.25, -0.2) is 4.79 Å². The van der Waals surface area contributed by atoms with E-state index in [-0.39, 0.29) is 5.97 Å². The molecule has 0 saturated heterocycles. The van der Waals surface area contributed by atoms with Crippen LogP contribution in [-0.2, 0) is 9.53 Å². The van der Waals surface area contributed by atoms with Crippen LogP contribution in [0.25, 0.3) is 0 Å². The van der Waals surface area contributed by atoms with Gasteiger partial charge in [0.05, 0.1) is 6.61 Å². The molecule has 0 atom stereocenters. The van der Waals surface area contributed by atoms with Gasteiger partial charge in [-0.2, -0.15) is 0 Å². The first kappa shape index (κ1) is 35.0. The van der Waals surface area contributed by atoms with Crippen molar-refractivity contribution in [3.63, 3.8) is 0 Å². The number of esters is 1. The van der Waals surface area contributed by atoms with Gasteiger partial charge in [0.2, 0.25) is 0 Å². The van der Waals surface area contributed by atoms with Gasteiger partial charge in [0.15, 0.2) is 0 Å². The SMILES string of the molecule is CCCCCCCCCCCCCC=CC=CC(=O)OCCCCCCCCCCCCCCCC. The van der Waals surface area contributed by atoms with Crippen LogP contribution < -0.4 is 0 Å². The van der Waals surface area contributed by atoms with Gasteiger partial charge in [0.25, 0.3) is 0 Å². The summed E-state index contributed by atoms with van der Waals surface area (Å²) in [5.41, 5.74) is 0. The zero-order valence-electron chi connectivity index (χ0n) is 24.7. The molecule has 0 aliphatic carbocycles. The third kappa shape index (κ3) is 31.0. The molecule has 0 N–H and O–H groups in total. The average molecular weight is 505 g/mol. The Morgan fingerprint density at radius 3 is 1.25 bits per heavy atom. The highest BCUT2D eigenvalue weighted by atomic mass is 16.5. The molecule has 0 rings (SSSR count). The Morgan fingerprint density at radius 1 is 0.472 bits per heavy atom. The van der Waals surface area contributed by atoms with E-state index in [2.05, 4.69) is 19.9 Å². The van der Waals surface area contributed by atoms with Crippen LogP contribution in [-0.4, -0.2) is 12.6 Å². The second-order valence-electron chi connectivity index (χ2n) is 10.9. The largest absolute Gasteiger partial charge is 0.463 e. The summed E-state index contributed by atoms with van der Waals surface area (Å²) >= 11 is 0. The maximum absolute atomic E-state index is 11.8. The molecule has 0 aliphatic rings. The van der Waals surface area contributed by atoms with Gasteiger partial charge in [0.1, 0.15) is 0 Å². The minimum atomic E-state index is -0.205. The lowest BCUT2D eigenvalue weighted by atomic mass is 10.0. The molecular weight excluding hydrogens is 440 g/mol. The number of allylic oxidation sites excluding steroid dienone is 3. The van der Waals surface area contributed by atoms with Crippen LogP contribution in [0.15, 0.2) is 24.3 Å². The minimum Gasteiger partial charge on any atom is -0.463 e. The predicted octanol–water partition coefficient (Wildman–Crippen LogP) is 11.8. The zero-order valence-corrected chi connectivity index (χ0v) is 24.7. The second kappa shape index (κ2) is 32.0. The molecule has 0 unspecified atom stereocenters. The summed E-state index contributed by atoms with van der Waals surface area (Å²) in [6, 6.07) is 0. The van der Waals surface area contributed by atoms with E-state index in [4.69, 9.17) is 4.74 Å². The fourth-order valence-corrected chi connectivity index (χ4v) is 4.75. The highest BCUT2D eigenvalue weighted by Crippen LogP contribution is 2.14. The van der Waals surface area contributed by atoms with Crippen LogP contribution in [0.3, 0.4) is 0 Å². The highest BCUT2D eigenvalue weighted by Gasteiger charge is 1.97. The predicted molar refractivity (Wildman–Crippen MR) is 161 cm³/mol. The Kier molecular flexibility index (Phi) is 31.0. The first-order valence-electron chi connectivity index (χ1n) is 16.3. The molecule has 0 spiro atoms. The van der Waals surface area contributed by atoms with Gasteiger partial charge in [0, 0.05) is 6.08 Å². The highest BCUT2D eigenvalue weighted by molar-refractivity contribution is 5.82. The molecule has 2 heteroatoms. The Hall–Kier alpha value is -1.05. The van der Waals surface area contributed by atoms with Gasteiger partial charge < -0.3 is 4.74 Å². The van der Waals surface area contributed by atoms with Gasteiger partial charge in [-0.1, -0.05) is 180 Å². The van der Waals surface area contributed by atoms with Crippen molar-refractivity contribution in [3.05, 3.63) is 24.3 Å². The van der Waals surface area contributed by atoms with Crippen LogP contribution in [0.4, 0.5) is 0 Å². The third-order valence-corrected chi connectivity index (χ3v) is 7.20. The van der Waals surface area contributed by atoms with Gasteiger partial charge in [-0.15, -0.1) is 0 Å². The molecule has 0 amide bonds. The number of hydrogen-bond acceptors (Lipinski definition) is 2. The number of rotatable bonds is 29. The molecule has 0 fully saturated rings. The Bertz CT molecular complexity index is 480. The summed E-state index contributed by atoms with van der Waals surface area (Å²) < 4.78 is 5.31. The van der Waals surface area contributed by atoms with E-state index in [0.29, 0.717) is 6.61 Å². The van der Waals surface area contributed by atoms with Crippen LogP contribution in [0.2, 0.25) is 0 Å². The quantitative estimate of drug-likeness (QED) is 0.0438. The van der Waals surface area contributed by atoms with E-state index < -0.39 is 0 Å². The summed E-state index contributed by atoms with van der Waals surface area (Å²) in [5.74, 6) is -0.205. The fraction of sp³-hybridized carbons (Fsp3) is 0.853. The zero-order chi connectivity index (χ0) is 26.2. The normalized spacial score (nSPS) is 11.7. The van der Waals surface area contributed by atoms with Gasteiger partial charge in [-0.05, 0) is 19.3 Å². The third-order valence-electron chi connectivity index (χ3n) is 7.20. The standard InChI is InChI=1S/C34H64O2/c1-3-5-7-9-11-13-15-17-19-20-22-24-26-28-30-32-34(35)36-33-31-29-27-25-23-21-18-16-14-12-10-8-6-4-2/h26,28,30,32H,3-25,27,29,31,33H2,1-2H3. The lowest BCUT2D eigenvalue weighted by molar-refractivity contribution is -0.137. The molecule has 0 bridgehead atoms. The van der Waals surface area contributed by atoms with Gasteiger partial charge in [-0.3, -0.25) is 0 Å². The molecule has 0 aliphatic heterocycles. The maximum atomic E-state index is 11.8. The summed E-state index contributed by atoms with van der Waals surface area (Å²) in [4.78, 5) is 11.8. The monoisotopic (exact) mass is 504 g/mol. The molecule has 0 aromatic heterocycles. The van der Waals surface area contributed by atoms with Crippen molar-refractivity contribution in [3.8, 4) is 0 Å². The number of carbonyl (C=O) groups is 1. The molecule has 0 radical (unpaired) electrons. The van der Waals surface area contributed by atoms with Gasteiger partial charge >= 0.3 is 5.97 Å². The van der Waals surface area contributed by atoms with Crippen molar-refractivity contribution in [2.75, 3.05) is 6.61 Å². The number of carbonyl (C=O) groups excluding carboxylic acids is 1. The van der Waals surface area contributed by atoms with E-state index in [1.54, 1.807) is 6.08 Å². The number of hydrogen-bond donors (Lipinski definition) is 0. The van der Waals surface area contributed by atoms with Crippen molar-refractivity contribution in [1.82, 2.24) is 0 Å². The van der Waals surface area contributed by atoms with E-state index in [9.17, 15) is 4.79 Å². The van der Waals surface area contributed by atoms with Crippen molar-refractivity contribution >= 4 is 5.97 Å². The first-order chi connectivity index (χ1) is 17.8. The molecule has 2 nitrogen and oxygen atoms in total. The Morgan fingerprint density at radius 2 is 0.833 bits per heavy atom. The van der Waals surface area contributed by atoms with E-state index >= 15 is 0 Å². The second-order valence-corrected chi connectivity index (χ2v) is 10.9. The van der Waals surface area contributed by atoms with E-state index in [1.807, 2.05) is 12.2 Å². The Balaban J connectivity index is 3.29. The van der Waals surface area contributed by atoms with Crippen molar-refractivity contribution in [1.29, 1.82) is 0 Å². The molecule has 0 aromatic rings. The maximum Gasteiger partial charge on any atom is 0.330 e. The van der Waals surface area contributed by atoms with Crippen LogP contribution >= 0.6 is 0 Å². The lowest BCUT2D eigenvalue weighted by Crippen LogP contribution is -2.02. The summed E-state index contributed by atoms with van der Waals surface area (Å²) in [7, 11) is 0. The van der Waals surface area contributed by atoms with Crippen LogP contribution in [0.1, 0.15) is 181 Å². The van der Waals surface area contributed by atoms with Crippen molar-refractivity contribution in [2.45, 2.75) is 181 Å². The summed E-state index contributed by atoms with van der Waals surface area (Å²) in [6.45, 7) is 5.12. The smallest absolute Gasteiger partial charge is 0.330 e. The molecule has 0 saturated carbocycles. The first-order valence-corrected chi connectivity index (χ1v) is 16.3. The van der Waals surface area contributed by atoms with Crippen molar-refractivity contribution in [2.24, 2.45) is 0 Å².